The summed E-state index contributed by atoms with van der Waals surface area (Å²) in [4.78, 5) is 0. The first-order valence-corrected chi connectivity index (χ1v) is 7.62. The van der Waals surface area contributed by atoms with E-state index >= 15 is 0 Å². The predicted molar refractivity (Wildman–Crippen MR) is 82.0 cm³/mol. The Balaban J connectivity index is 2.01. The Morgan fingerprint density at radius 1 is 1.08 bits per heavy atom. The fraction of sp³-hybridized carbons (Fsp3) is 0.412. The van der Waals surface area contributed by atoms with E-state index < -0.39 is 17.8 Å². The maximum atomic E-state index is 12.6. The summed E-state index contributed by atoms with van der Waals surface area (Å²) in [5, 5.41) is 22.5. The van der Waals surface area contributed by atoms with E-state index in [0.29, 0.717) is 30.0 Å². The molecule has 24 heavy (non-hydrogen) atoms. The Hall–Kier alpha value is -1.83. The number of halogens is 3. The van der Waals surface area contributed by atoms with Crippen molar-refractivity contribution in [2.24, 2.45) is 0 Å². The summed E-state index contributed by atoms with van der Waals surface area (Å²) in [6, 6.07) is 7.53. The zero-order valence-electron chi connectivity index (χ0n) is 13.2. The standard InChI is InChI=1S/C17H20F3NO3/c1-2-15(21-9-13-7-8-14(10-22)24-13)16(23)11-3-5-12(6-4-11)17(18,19)20/h3-8,15-16,21-23H,2,9-10H2,1H3. The van der Waals surface area contributed by atoms with Gasteiger partial charge in [-0.2, -0.15) is 13.2 Å². The molecule has 0 aliphatic heterocycles. The van der Waals surface area contributed by atoms with E-state index in [9.17, 15) is 18.3 Å². The van der Waals surface area contributed by atoms with Crippen LogP contribution in [0, 0.1) is 0 Å². The molecule has 2 rings (SSSR count). The Bertz CT molecular complexity index is 637. The van der Waals surface area contributed by atoms with Crippen LogP contribution < -0.4 is 5.32 Å². The molecule has 4 nitrogen and oxygen atoms in total. The van der Waals surface area contributed by atoms with Gasteiger partial charge in [0.2, 0.25) is 0 Å². The second-order valence-electron chi connectivity index (χ2n) is 5.49. The third-order valence-electron chi connectivity index (χ3n) is 3.81. The average molecular weight is 343 g/mol. The second-order valence-corrected chi connectivity index (χ2v) is 5.49. The number of nitrogens with one attached hydrogen (secondary N) is 1. The van der Waals surface area contributed by atoms with Crippen molar-refractivity contribution in [3.63, 3.8) is 0 Å². The average Bonchev–Trinajstić information content (AvgIpc) is 3.02. The molecule has 7 heteroatoms. The van der Waals surface area contributed by atoms with Gasteiger partial charge in [-0.05, 0) is 36.2 Å². The number of hydrogen-bond donors (Lipinski definition) is 3. The Labute approximate surface area is 137 Å². The molecule has 2 unspecified atom stereocenters. The van der Waals surface area contributed by atoms with Gasteiger partial charge < -0.3 is 19.9 Å². The van der Waals surface area contributed by atoms with E-state index in [1.165, 1.54) is 12.1 Å². The van der Waals surface area contributed by atoms with Gasteiger partial charge in [-0.1, -0.05) is 19.1 Å². The van der Waals surface area contributed by atoms with Crippen LogP contribution in [0.3, 0.4) is 0 Å². The van der Waals surface area contributed by atoms with E-state index in [1.807, 2.05) is 6.92 Å². The molecule has 1 aromatic carbocycles. The summed E-state index contributed by atoms with van der Waals surface area (Å²) in [7, 11) is 0. The van der Waals surface area contributed by atoms with Crippen molar-refractivity contribution in [1.82, 2.24) is 5.32 Å². The van der Waals surface area contributed by atoms with Crippen LogP contribution in [0.25, 0.3) is 0 Å². The summed E-state index contributed by atoms with van der Waals surface area (Å²) in [6.07, 6.45) is -4.75. The van der Waals surface area contributed by atoms with Crippen LogP contribution in [0.1, 0.15) is 42.1 Å². The van der Waals surface area contributed by atoms with Crippen molar-refractivity contribution < 1.29 is 27.8 Å². The van der Waals surface area contributed by atoms with Crippen molar-refractivity contribution in [1.29, 1.82) is 0 Å². The monoisotopic (exact) mass is 343 g/mol. The molecule has 0 aliphatic rings. The zero-order chi connectivity index (χ0) is 17.7. The van der Waals surface area contributed by atoms with E-state index in [1.54, 1.807) is 12.1 Å². The summed E-state index contributed by atoms with van der Waals surface area (Å²) in [6.45, 7) is 2.02. The van der Waals surface area contributed by atoms with E-state index in [4.69, 9.17) is 9.52 Å². The van der Waals surface area contributed by atoms with Gasteiger partial charge in [0.15, 0.2) is 0 Å². The highest BCUT2D eigenvalue weighted by atomic mass is 19.4. The van der Waals surface area contributed by atoms with Gasteiger partial charge in [-0.25, -0.2) is 0 Å². The summed E-state index contributed by atoms with van der Waals surface area (Å²) in [5.74, 6) is 1.06. The number of hydrogen-bond acceptors (Lipinski definition) is 4. The third-order valence-corrected chi connectivity index (χ3v) is 3.81. The second kappa shape index (κ2) is 7.83. The van der Waals surface area contributed by atoms with Crippen LogP contribution >= 0.6 is 0 Å². The lowest BCUT2D eigenvalue weighted by molar-refractivity contribution is -0.137. The van der Waals surface area contributed by atoms with Gasteiger partial charge in [0.05, 0.1) is 18.2 Å². The van der Waals surface area contributed by atoms with Crippen molar-refractivity contribution in [2.75, 3.05) is 0 Å². The van der Waals surface area contributed by atoms with Crippen molar-refractivity contribution in [3.8, 4) is 0 Å². The molecule has 0 radical (unpaired) electrons. The quantitative estimate of drug-likeness (QED) is 0.721. The molecule has 1 heterocycles. The smallest absolute Gasteiger partial charge is 0.416 e. The number of rotatable bonds is 7. The molecule has 1 aromatic heterocycles. The van der Waals surface area contributed by atoms with Crippen LogP contribution in [0.2, 0.25) is 0 Å². The molecule has 2 aromatic rings. The Kier molecular flexibility index (Phi) is 6.04. The first kappa shape index (κ1) is 18.5. The predicted octanol–water partition coefficient (Wildman–Crippen LogP) is 3.39. The highest BCUT2D eigenvalue weighted by Crippen LogP contribution is 2.30. The van der Waals surface area contributed by atoms with Crippen molar-refractivity contribution >= 4 is 0 Å². The molecule has 0 spiro atoms. The van der Waals surface area contributed by atoms with E-state index in [2.05, 4.69) is 5.32 Å². The summed E-state index contributed by atoms with van der Waals surface area (Å²) >= 11 is 0. The maximum absolute atomic E-state index is 12.6. The Morgan fingerprint density at radius 3 is 2.21 bits per heavy atom. The lowest BCUT2D eigenvalue weighted by atomic mass is 9.99. The molecular weight excluding hydrogens is 323 g/mol. The lowest BCUT2D eigenvalue weighted by Gasteiger charge is -2.23. The molecule has 0 saturated heterocycles. The summed E-state index contributed by atoms with van der Waals surface area (Å²) < 4.78 is 43.1. The minimum absolute atomic E-state index is 0.189. The molecule has 0 amide bonds. The largest absolute Gasteiger partial charge is 0.462 e. The van der Waals surface area contributed by atoms with E-state index in [0.717, 1.165) is 12.1 Å². The Morgan fingerprint density at radius 2 is 1.71 bits per heavy atom. The minimum Gasteiger partial charge on any atom is -0.462 e. The van der Waals surface area contributed by atoms with Gasteiger partial charge in [-0.15, -0.1) is 0 Å². The van der Waals surface area contributed by atoms with Gasteiger partial charge in [-0.3, -0.25) is 0 Å². The van der Waals surface area contributed by atoms with Crippen molar-refractivity contribution in [2.45, 2.75) is 44.8 Å². The number of benzene rings is 1. The fourth-order valence-electron chi connectivity index (χ4n) is 2.41. The first-order chi connectivity index (χ1) is 11.3. The number of aliphatic hydroxyl groups excluding tert-OH is 2. The van der Waals surface area contributed by atoms with Gasteiger partial charge in [0.1, 0.15) is 18.1 Å². The molecule has 0 bridgehead atoms. The van der Waals surface area contributed by atoms with Gasteiger partial charge >= 0.3 is 6.18 Å². The number of aliphatic hydroxyl groups is 2. The highest BCUT2D eigenvalue weighted by molar-refractivity contribution is 5.26. The SMILES string of the molecule is CCC(NCc1ccc(CO)o1)C(O)c1ccc(C(F)(F)F)cc1. The minimum atomic E-state index is -4.39. The summed E-state index contributed by atoms with van der Waals surface area (Å²) in [5.41, 5.74) is -0.329. The number of furan rings is 1. The van der Waals surface area contributed by atoms with Gasteiger partial charge in [0, 0.05) is 6.04 Å². The van der Waals surface area contributed by atoms with E-state index in [-0.39, 0.29) is 12.6 Å². The first-order valence-electron chi connectivity index (χ1n) is 7.62. The fourth-order valence-corrected chi connectivity index (χ4v) is 2.41. The zero-order valence-corrected chi connectivity index (χ0v) is 13.2. The van der Waals surface area contributed by atoms with Crippen LogP contribution in [-0.4, -0.2) is 16.3 Å². The molecule has 2 atom stereocenters. The van der Waals surface area contributed by atoms with Crippen LogP contribution in [0.15, 0.2) is 40.8 Å². The molecular formula is C17H20F3NO3. The molecule has 3 N–H and O–H groups in total. The topological polar surface area (TPSA) is 65.6 Å². The van der Waals surface area contributed by atoms with Gasteiger partial charge in [0.25, 0.3) is 0 Å². The molecule has 0 fully saturated rings. The third kappa shape index (κ3) is 4.59. The lowest BCUT2D eigenvalue weighted by Crippen LogP contribution is -2.34. The molecule has 0 saturated carbocycles. The molecule has 132 valence electrons. The maximum Gasteiger partial charge on any atom is 0.416 e. The molecule has 0 aliphatic carbocycles. The number of alkyl halides is 3. The highest BCUT2D eigenvalue weighted by Gasteiger charge is 2.30. The van der Waals surface area contributed by atoms with Crippen LogP contribution in [0.5, 0.6) is 0 Å². The van der Waals surface area contributed by atoms with Crippen molar-refractivity contribution in [3.05, 3.63) is 59.0 Å². The van der Waals surface area contributed by atoms with Crippen LogP contribution in [0.4, 0.5) is 13.2 Å². The normalized spacial score (nSPS) is 14.6. The van der Waals surface area contributed by atoms with Crippen LogP contribution in [-0.2, 0) is 19.3 Å².